The van der Waals surface area contributed by atoms with Crippen LogP contribution >= 0.6 is 0 Å². The van der Waals surface area contributed by atoms with E-state index in [9.17, 15) is 14.0 Å². The van der Waals surface area contributed by atoms with Gasteiger partial charge in [-0.3, -0.25) is 14.6 Å². The fraction of sp³-hybridized carbons (Fsp3) is 0.333. The van der Waals surface area contributed by atoms with E-state index in [2.05, 4.69) is 20.6 Å². The van der Waals surface area contributed by atoms with Gasteiger partial charge in [-0.2, -0.15) is 0 Å². The molecule has 0 radical (unpaired) electrons. The highest BCUT2D eigenvalue weighted by atomic mass is 19.1. The number of rotatable bonds is 7. The molecule has 200 valence electrons. The molecule has 1 aliphatic heterocycles. The van der Waals surface area contributed by atoms with Crippen LogP contribution in [0.3, 0.4) is 0 Å². The van der Waals surface area contributed by atoms with Crippen molar-refractivity contribution in [3.05, 3.63) is 65.9 Å². The highest BCUT2D eigenvalue weighted by Crippen LogP contribution is 2.30. The van der Waals surface area contributed by atoms with E-state index in [-0.39, 0.29) is 52.3 Å². The lowest BCUT2D eigenvalue weighted by Gasteiger charge is -2.37. The van der Waals surface area contributed by atoms with Gasteiger partial charge in [0.05, 0.1) is 35.1 Å². The Labute approximate surface area is 220 Å². The van der Waals surface area contributed by atoms with Crippen LogP contribution < -0.4 is 27.0 Å². The molecule has 10 nitrogen and oxygen atoms in total. The van der Waals surface area contributed by atoms with Crippen molar-refractivity contribution < 1.29 is 18.7 Å². The molecule has 1 fully saturated rings. The van der Waals surface area contributed by atoms with Crippen LogP contribution in [0.5, 0.6) is 0 Å². The maximum atomic E-state index is 14.8. The molecule has 3 aromatic rings. The van der Waals surface area contributed by atoms with Crippen LogP contribution in [-0.2, 0) is 4.74 Å². The number of nitrogens with one attached hydrogen (secondary N) is 2. The number of hydrogen-bond donors (Lipinski definition) is 4. The van der Waals surface area contributed by atoms with Crippen LogP contribution in [0.1, 0.15) is 41.1 Å². The normalized spacial score (nSPS) is 17.4. The number of piperidine rings is 1. The van der Waals surface area contributed by atoms with Gasteiger partial charge in [-0.1, -0.05) is 0 Å². The number of amides is 2. The molecule has 0 unspecified atom stereocenters. The summed E-state index contributed by atoms with van der Waals surface area (Å²) >= 11 is 0. The van der Waals surface area contributed by atoms with E-state index in [0.29, 0.717) is 18.8 Å². The minimum Gasteiger partial charge on any atom is -0.397 e. The number of carbonyl (C=O) groups is 2. The van der Waals surface area contributed by atoms with Crippen molar-refractivity contribution in [2.45, 2.75) is 38.5 Å². The van der Waals surface area contributed by atoms with Crippen LogP contribution in [0, 0.1) is 5.82 Å². The summed E-state index contributed by atoms with van der Waals surface area (Å²) in [5.74, 6) is -1.51. The zero-order valence-corrected chi connectivity index (χ0v) is 21.6. The van der Waals surface area contributed by atoms with E-state index < -0.39 is 11.7 Å². The zero-order valence-electron chi connectivity index (χ0n) is 21.6. The van der Waals surface area contributed by atoms with E-state index in [1.54, 1.807) is 19.4 Å². The Kier molecular flexibility index (Phi) is 8.18. The van der Waals surface area contributed by atoms with Crippen molar-refractivity contribution in [3.8, 4) is 11.3 Å². The first kappa shape index (κ1) is 27.0. The van der Waals surface area contributed by atoms with Gasteiger partial charge in [0.1, 0.15) is 5.82 Å². The Balaban J connectivity index is 1.62. The lowest BCUT2D eigenvalue weighted by atomic mass is 10.0. The van der Waals surface area contributed by atoms with Crippen molar-refractivity contribution in [1.82, 2.24) is 15.3 Å². The molecule has 4 rings (SSSR count). The predicted octanol–water partition coefficient (Wildman–Crippen LogP) is 2.81. The fourth-order valence-corrected chi connectivity index (χ4v) is 4.41. The summed E-state index contributed by atoms with van der Waals surface area (Å²) in [6.07, 6.45) is 3.86. The largest absolute Gasteiger partial charge is 0.397 e. The van der Waals surface area contributed by atoms with Gasteiger partial charge in [0.25, 0.3) is 11.8 Å². The van der Waals surface area contributed by atoms with Gasteiger partial charge in [-0.15, -0.1) is 0 Å². The predicted molar refractivity (Wildman–Crippen MR) is 144 cm³/mol. The minimum absolute atomic E-state index is 0.0438. The standard InChI is InChI=1S/C27H32FN7O3/c1-15(2)32-26(36)16-4-5-20(28)19(10-16)22-7-6-21(30)25(33-22)27(37)34-23-12-31-9-8-24(23)35-13-17(29)11-18(14-35)38-3/h4-10,12,15,17-18H,11,13-14,29-30H2,1-3H3,(H,32,36)(H,34,37)/t17-,18+/m0/s1. The Morgan fingerprint density at radius 2 is 1.95 bits per heavy atom. The third-order valence-electron chi connectivity index (χ3n) is 6.23. The van der Waals surface area contributed by atoms with Crippen LogP contribution in [0.25, 0.3) is 11.3 Å². The molecule has 2 amide bonds. The monoisotopic (exact) mass is 521 g/mol. The smallest absolute Gasteiger partial charge is 0.276 e. The van der Waals surface area contributed by atoms with E-state index in [0.717, 1.165) is 12.1 Å². The summed E-state index contributed by atoms with van der Waals surface area (Å²) in [5.41, 5.74) is 14.0. The third kappa shape index (κ3) is 6.06. The number of nitrogens with zero attached hydrogens (tertiary/aromatic N) is 3. The van der Waals surface area contributed by atoms with Gasteiger partial charge in [0.2, 0.25) is 0 Å². The van der Waals surface area contributed by atoms with Gasteiger partial charge >= 0.3 is 0 Å². The maximum Gasteiger partial charge on any atom is 0.276 e. The molecule has 3 heterocycles. The van der Waals surface area contributed by atoms with Crippen LogP contribution in [-0.4, -0.2) is 60.2 Å². The highest BCUT2D eigenvalue weighted by molar-refractivity contribution is 6.08. The van der Waals surface area contributed by atoms with Gasteiger partial charge in [0.15, 0.2) is 5.69 Å². The van der Waals surface area contributed by atoms with Crippen LogP contribution in [0.2, 0.25) is 0 Å². The minimum atomic E-state index is -0.586. The first-order valence-electron chi connectivity index (χ1n) is 12.3. The topological polar surface area (TPSA) is 148 Å². The van der Waals surface area contributed by atoms with E-state index in [4.69, 9.17) is 16.2 Å². The summed E-state index contributed by atoms with van der Waals surface area (Å²) in [4.78, 5) is 36.3. The first-order valence-corrected chi connectivity index (χ1v) is 12.3. The van der Waals surface area contributed by atoms with E-state index >= 15 is 0 Å². The molecule has 1 aromatic carbocycles. The Bertz CT molecular complexity index is 1330. The molecule has 2 aromatic heterocycles. The van der Waals surface area contributed by atoms with Gasteiger partial charge in [0, 0.05) is 49.6 Å². The first-order chi connectivity index (χ1) is 18.2. The molecule has 0 spiro atoms. The second kappa shape index (κ2) is 11.5. The summed E-state index contributed by atoms with van der Waals surface area (Å²) < 4.78 is 20.3. The molecule has 1 aliphatic rings. The van der Waals surface area contributed by atoms with Gasteiger partial charge in [-0.05, 0) is 56.7 Å². The molecule has 2 atom stereocenters. The molecule has 6 N–H and O–H groups in total. The number of nitrogens with two attached hydrogens (primary N) is 2. The number of nitrogen functional groups attached to an aromatic ring is 1. The Morgan fingerprint density at radius 3 is 2.68 bits per heavy atom. The number of carbonyl (C=O) groups excluding carboxylic acids is 2. The number of halogens is 1. The molecular weight excluding hydrogens is 489 g/mol. The summed E-state index contributed by atoms with van der Waals surface area (Å²) in [5, 5.41) is 5.61. The quantitative estimate of drug-likeness (QED) is 0.371. The van der Waals surface area contributed by atoms with Crippen LogP contribution in [0.4, 0.5) is 21.5 Å². The number of hydrogen-bond acceptors (Lipinski definition) is 8. The zero-order chi connectivity index (χ0) is 27.4. The van der Waals surface area contributed by atoms with Crippen molar-refractivity contribution in [1.29, 1.82) is 0 Å². The molecule has 11 heteroatoms. The maximum absolute atomic E-state index is 14.8. The highest BCUT2D eigenvalue weighted by Gasteiger charge is 2.27. The van der Waals surface area contributed by atoms with E-state index in [1.807, 2.05) is 18.7 Å². The molecule has 38 heavy (non-hydrogen) atoms. The molecule has 1 saturated heterocycles. The molecule has 0 aliphatic carbocycles. The van der Waals surface area contributed by atoms with Gasteiger partial charge < -0.3 is 31.7 Å². The SMILES string of the molecule is CO[C@@H]1C[C@H](N)CN(c2ccncc2NC(=O)c2nc(-c3cc(C(=O)NC(C)C)ccc3F)ccc2N)C1. The second-order valence-electron chi connectivity index (χ2n) is 9.56. The van der Waals surface area contributed by atoms with Gasteiger partial charge in [-0.25, -0.2) is 9.37 Å². The lowest BCUT2D eigenvalue weighted by molar-refractivity contribution is 0.0835. The Morgan fingerprint density at radius 1 is 1.16 bits per heavy atom. The fourth-order valence-electron chi connectivity index (χ4n) is 4.41. The number of methoxy groups -OCH3 is 1. The summed E-state index contributed by atoms with van der Waals surface area (Å²) in [6, 6.07) is 8.59. The molecular formula is C27H32FN7O3. The third-order valence-corrected chi connectivity index (χ3v) is 6.23. The van der Waals surface area contributed by atoms with Crippen molar-refractivity contribution >= 4 is 28.9 Å². The number of pyridine rings is 2. The number of aromatic nitrogens is 2. The number of benzene rings is 1. The Hall–Kier alpha value is -4.09. The van der Waals surface area contributed by atoms with Crippen molar-refractivity contribution in [3.63, 3.8) is 0 Å². The molecule has 0 saturated carbocycles. The second-order valence-corrected chi connectivity index (χ2v) is 9.56. The number of anilines is 3. The van der Waals surface area contributed by atoms with Crippen molar-refractivity contribution in [2.24, 2.45) is 5.73 Å². The van der Waals surface area contributed by atoms with E-state index in [1.165, 1.54) is 36.5 Å². The van der Waals surface area contributed by atoms with Crippen LogP contribution in [0.15, 0.2) is 48.8 Å². The lowest BCUT2D eigenvalue weighted by Crippen LogP contribution is -2.50. The molecule has 0 bridgehead atoms. The summed E-state index contributed by atoms with van der Waals surface area (Å²) in [6.45, 7) is 4.85. The summed E-state index contributed by atoms with van der Waals surface area (Å²) in [7, 11) is 1.65. The average Bonchev–Trinajstić information content (AvgIpc) is 2.88. The number of ether oxygens (including phenoxy) is 1. The average molecular weight is 522 g/mol. The van der Waals surface area contributed by atoms with Crippen molar-refractivity contribution in [2.75, 3.05) is 36.1 Å².